The van der Waals surface area contributed by atoms with E-state index in [9.17, 15) is 0 Å². The molecule has 0 aliphatic heterocycles. The number of pyridine rings is 1. The summed E-state index contributed by atoms with van der Waals surface area (Å²) in [6.07, 6.45) is 3.87. The molecule has 3 aromatic rings. The Morgan fingerprint density at radius 1 is 1.00 bits per heavy atom. The number of hydrogen-bond donors (Lipinski definition) is 0. The van der Waals surface area contributed by atoms with Crippen LogP contribution in [-0.2, 0) is 6.42 Å². The Bertz CT molecular complexity index is 1040. The average molecular weight is 389 g/mol. The van der Waals surface area contributed by atoms with E-state index in [2.05, 4.69) is 70.4 Å². The van der Waals surface area contributed by atoms with Crippen molar-refractivity contribution in [1.82, 2.24) is 4.98 Å². The molecule has 0 radical (unpaired) electrons. The van der Waals surface area contributed by atoms with Crippen molar-refractivity contribution in [2.45, 2.75) is 19.8 Å². The van der Waals surface area contributed by atoms with Gasteiger partial charge in [-0.2, -0.15) is 4.99 Å². The standard InChI is InChI=1S/C23H17ClN2S/c1-2-3-17-4-6-18(7-5-17)8-9-19-10-12-20(13-11-19)23-22(24)14-21(15-25-23)26-16-27/h4-7,10-15H,2-3H2,1H3. The van der Waals surface area contributed by atoms with Crippen LogP contribution in [0.15, 0.2) is 65.8 Å². The fourth-order valence-corrected chi connectivity index (χ4v) is 3.03. The average Bonchev–Trinajstić information content (AvgIpc) is 2.69. The summed E-state index contributed by atoms with van der Waals surface area (Å²) in [5, 5.41) is 2.83. The number of hydrogen-bond acceptors (Lipinski definition) is 3. The van der Waals surface area contributed by atoms with Crippen LogP contribution in [0.5, 0.6) is 0 Å². The lowest BCUT2D eigenvalue weighted by molar-refractivity contribution is 0.922. The summed E-state index contributed by atoms with van der Waals surface area (Å²) >= 11 is 10.9. The molecule has 1 heterocycles. The maximum atomic E-state index is 6.30. The Morgan fingerprint density at radius 3 is 2.19 bits per heavy atom. The molecule has 0 aliphatic rings. The van der Waals surface area contributed by atoms with Crippen LogP contribution >= 0.6 is 23.8 Å². The minimum Gasteiger partial charge on any atom is -0.252 e. The molecule has 1 aromatic heterocycles. The van der Waals surface area contributed by atoms with Crippen LogP contribution < -0.4 is 0 Å². The van der Waals surface area contributed by atoms with Gasteiger partial charge in [-0.25, -0.2) is 0 Å². The fraction of sp³-hybridized carbons (Fsp3) is 0.130. The molecule has 0 saturated heterocycles. The summed E-state index contributed by atoms with van der Waals surface area (Å²) in [6, 6.07) is 18.0. The van der Waals surface area contributed by atoms with Gasteiger partial charge in [0.2, 0.25) is 0 Å². The van der Waals surface area contributed by atoms with Gasteiger partial charge in [-0.1, -0.05) is 61.1 Å². The normalized spacial score (nSPS) is 9.85. The SMILES string of the molecule is CCCc1ccc(C#Cc2ccc(-c3ncc(N=C=S)cc3Cl)cc2)cc1. The lowest BCUT2D eigenvalue weighted by Gasteiger charge is -2.04. The molecule has 4 heteroatoms. The number of nitrogens with zero attached hydrogens (tertiary/aromatic N) is 2. The van der Waals surface area contributed by atoms with E-state index in [-0.39, 0.29) is 0 Å². The Labute approximate surface area is 170 Å². The van der Waals surface area contributed by atoms with E-state index in [1.54, 1.807) is 12.3 Å². The number of aromatic nitrogens is 1. The van der Waals surface area contributed by atoms with Crippen LogP contribution in [0, 0.1) is 11.8 Å². The van der Waals surface area contributed by atoms with Crippen molar-refractivity contribution in [3.63, 3.8) is 0 Å². The molecule has 0 atom stereocenters. The number of aliphatic imine (C=N–C) groups is 1. The molecular formula is C23H17ClN2S. The molecule has 27 heavy (non-hydrogen) atoms. The Morgan fingerprint density at radius 2 is 1.63 bits per heavy atom. The zero-order valence-electron chi connectivity index (χ0n) is 14.9. The van der Waals surface area contributed by atoms with Gasteiger partial charge in [0.1, 0.15) is 0 Å². The second-order valence-corrected chi connectivity index (χ2v) is 6.59. The topological polar surface area (TPSA) is 25.2 Å². The van der Waals surface area contributed by atoms with E-state index in [4.69, 9.17) is 11.6 Å². The molecule has 2 nitrogen and oxygen atoms in total. The van der Waals surface area contributed by atoms with Gasteiger partial charge in [-0.15, -0.1) is 0 Å². The van der Waals surface area contributed by atoms with Crippen LogP contribution in [0.1, 0.15) is 30.0 Å². The van der Waals surface area contributed by atoms with Crippen LogP contribution in [0.25, 0.3) is 11.3 Å². The molecule has 0 amide bonds. The minimum absolute atomic E-state index is 0.521. The van der Waals surface area contributed by atoms with Crippen molar-refractivity contribution in [2.75, 3.05) is 0 Å². The van der Waals surface area contributed by atoms with Crippen molar-refractivity contribution >= 4 is 34.7 Å². The molecule has 0 spiro atoms. The van der Waals surface area contributed by atoms with Gasteiger partial charge in [-0.3, -0.25) is 4.98 Å². The number of aryl methyl sites for hydroxylation is 1. The highest BCUT2D eigenvalue weighted by atomic mass is 35.5. The molecular weight excluding hydrogens is 372 g/mol. The minimum atomic E-state index is 0.521. The first-order valence-corrected chi connectivity index (χ1v) is 9.43. The zero-order valence-corrected chi connectivity index (χ0v) is 16.4. The molecule has 3 rings (SSSR count). The van der Waals surface area contributed by atoms with E-state index >= 15 is 0 Å². The van der Waals surface area contributed by atoms with E-state index in [1.165, 1.54) is 5.56 Å². The molecule has 2 aromatic carbocycles. The highest BCUT2D eigenvalue weighted by Crippen LogP contribution is 2.28. The first kappa shape index (κ1) is 19.0. The number of halogens is 1. The van der Waals surface area contributed by atoms with Crippen molar-refractivity contribution in [3.05, 3.63) is 82.5 Å². The molecule has 0 fully saturated rings. The van der Waals surface area contributed by atoms with Gasteiger partial charge in [0.25, 0.3) is 0 Å². The quantitative estimate of drug-likeness (QED) is 0.290. The third-order valence-corrected chi connectivity index (χ3v) is 4.38. The van der Waals surface area contributed by atoms with Gasteiger partial charge < -0.3 is 0 Å². The third kappa shape index (κ3) is 5.12. The molecule has 132 valence electrons. The molecule has 0 saturated carbocycles. The predicted octanol–water partition coefficient (Wildman–Crippen LogP) is 6.49. The highest BCUT2D eigenvalue weighted by Gasteiger charge is 2.06. The van der Waals surface area contributed by atoms with Crippen molar-refractivity contribution in [3.8, 4) is 23.1 Å². The van der Waals surface area contributed by atoms with Crippen LogP contribution in [0.4, 0.5) is 5.69 Å². The van der Waals surface area contributed by atoms with E-state index < -0.39 is 0 Å². The van der Waals surface area contributed by atoms with E-state index in [0.29, 0.717) is 16.4 Å². The second kappa shape index (κ2) is 9.26. The Hall–Kier alpha value is -2.76. The second-order valence-electron chi connectivity index (χ2n) is 6.00. The lowest BCUT2D eigenvalue weighted by Crippen LogP contribution is -1.86. The van der Waals surface area contributed by atoms with Crippen LogP contribution in [0.2, 0.25) is 5.02 Å². The Kier molecular flexibility index (Phi) is 6.52. The summed E-state index contributed by atoms with van der Waals surface area (Å²) in [4.78, 5) is 8.25. The number of isothiocyanates is 1. The smallest absolute Gasteiger partial charge is 0.0937 e. The predicted molar refractivity (Wildman–Crippen MR) is 116 cm³/mol. The van der Waals surface area contributed by atoms with Gasteiger partial charge >= 0.3 is 0 Å². The Balaban J connectivity index is 1.77. The molecule has 0 unspecified atom stereocenters. The lowest BCUT2D eigenvalue weighted by atomic mass is 10.1. The van der Waals surface area contributed by atoms with Crippen molar-refractivity contribution in [2.24, 2.45) is 4.99 Å². The monoisotopic (exact) mass is 388 g/mol. The van der Waals surface area contributed by atoms with Crippen LogP contribution in [-0.4, -0.2) is 10.1 Å². The van der Waals surface area contributed by atoms with Gasteiger partial charge in [0, 0.05) is 16.7 Å². The van der Waals surface area contributed by atoms with E-state index in [1.807, 2.05) is 24.3 Å². The van der Waals surface area contributed by atoms with Crippen molar-refractivity contribution < 1.29 is 0 Å². The first-order valence-electron chi connectivity index (χ1n) is 8.64. The van der Waals surface area contributed by atoms with Gasteiger partial charge in [-0.05, 0) is 54.5 Å². The molecule has 0 aliphatic carbocycles. The maximum absolute atomic E-state index is 6.30. The maximum Gasteiger partial charge on any atom is 0.0937 e. The molecule has 0 bridgehead atoms. The highest BCUT2D eigenvalue weighted by molar-refractivity contribution is 7.78. The summed E-state index contributed by atoms with van der Waals surface area (Å²) < 4.78 is 0. The van der Waals surface area contributed by atoms with E-state index in [0.717, 1.165) is 29.5 Å². The van der Waals surface area contributed by atoms with Gasteiger partial charge in [0.15, 0.2) is 0 Å². The summed E-state index contributed by atoms with van der Waals surface area (Å²) in [5.41, 5.74) is 5.51. The zero-order chi connectivity index (χ0) is 19.1. The van der Waals surface area contributed by atoms with Crippen molar-refractivity contribution in [1.29, 1.82) is 0 Å². The summed E-state index contributed by atoms with van der Waals surface area (Å²) in [7, 11) is 0. The van der Waals surface area contributed by atoms with Crippen LogP contribution in [0.3, 0.4) is 0 Å². The first-order chi connectivity index (χ1) is 13.2. The summed E-state index contributed by atoms with van der Waals surface area (Å²) in [6.45, 7) is 2.18. The van der Waals surface area contributed by atoms with Gasteiger partial charge in [0.05, 0.1) is 27.8 Å². The third-order valence-electron chi connectivity index (χ3n) is 4.00. The molecule has 0 N–H and O–H groups in total. The largest absolute Gasteiger partial charge is 0.252 e. The number of thiocarbonyl (C=S) groups is 1. The summed E-state index contributed by atoms with van der Waals surface area (Å²) in [5.74, 6) is 6.39. The number of rotatable bonds is 4. The fourth-order valence-electron chi connectivity index (χ4n) is 2.65. The number of benzene rings is 2.